The predicted molar refractivity (Wildman–Crippen MR) is 84.7 cm³/mol. The number of ether oxygens (including phenoxy) is 1. The number of primary sulfonamides is 1. The molecule has 1 rings (SSSR count). The average molecular weight is 400 g/mol. The average Bonchev–Trinajstić information content (AvgIpc) is 2.34. The molecule has 0 amide bonds. The Bertz CT molecular complexity index is 713. The molecule has 120 valence electrons. The number of aryl methyl sites for hydroxylation is 1. The highest BCUT2D eigenvalue weighted by Crippen LogP contribution is 2.31. The molecule has 2 N–H and O–H groups in total. The smallest absolute Gasteiger partial charge is 0.241 e. The molecule has 6 nitrogen and oxygen atoms in total. The number of benzene rings is 1. The fourth-order valence-electron chi connectivity index (χ4n) is 1.69. The van der Waals surface area contributed by atoms with Crippen LogP contribution in [0.5, 0.6) is 5.75 Å². The van der Waals surface area contributed by atoms with Gasteiger partial charge in [-0.1, -0.05) is 22.9 Å². The molecule has 0 aliphatic rings. The van der Waals surface area contributed by atoms with Crippen molar-refractivity contribution < 1.29 is 21.6 Å². The Labute approximate surface area is 133 Å². The predicted octanol–water partition coefficient (Wildman–Crippen LogP) is 1.61. The maximum Gasteiger partial charge on any atom is 0.241 e. The van der Waals surface area contributed by atoms with Crippen molar-refractivity contribution in [3.05, 3.63) is 22.2 Å². The van der Waals surface area contributed by atoms with Gasteiger partial charge in [-0.05, 0) is 31.0 Å². The van der Waals surface area contributed by atoms with Crippen molar-refractivity contribution in [2.45, 2.75) is 25.2 Å². The summed E-state index contributed by atoms with van der Waals surface area (Å²) in [5.41, 5.74) is 0.603. The standard InChI is InChI=1S/C12H18BrNO5S2/c1-3-20(15,16)6-4-5-19-12-9(2)7-10(13)8-11(12)21(14,17)18/h7-8H,3-6H2,1-2H3,(H2,14,17,18). The first-order valence-corrected chi connectivity index (χ1v) is 10.4. The Morgan fingerprint density at radius 1 is 1.24 bits per heavy atom. The number of sulfonamides is 1. The van der Waals surface area contributed by atoms with Crippen LogP contribution < -0.4 is 9.88 Å². The van der Waals surface area contributed by atoms with Crippen molar-refractivity contribution in [1.82, 2.24) is 0 Å². The lowest BCUT2D eigenvalue weighted by Gasteiger charge is -2.13. The van der Waals surface area contributed by atoms with Crippen LogP contribution in [0, 0.1) is 6.92 Å². The van der Waals surface area contributed by atoms with E-state index in [2.05, 4.69) is 15.9 Å². The van der Waals surface area contributed by atoms with Crippen LogP contribution in [0.4, 0.5) is 0 Å². The van der Waals surface area contributed by atoms with E-state index in [1.54, 1.807) is 19.9 Å². The van der Waals surface area contributed by atoms with Crippen LogP contribution in [0.15, 0.2) is 21.5 Å². The molecule has 0 saturated carbocycles. The zero-order chi connectivity index (χ0) is 16.3. The van der Waals surface area contributed by atoms with E-state index in [-0.39, 0.29) is 35.2 Å². The zero-order valence-electron chi connectivity index (χ0n) is 11.8. The Balaban J connectivity index is 2.89. The minimum absolute atomic E-state index is 0.00375. The third kappa shape index (κ3) is 5.57. The molecule has 0 radical (unpaired) electrons. The van der Waals surface area contributed by atoms with Gasteiger partial charge in [-0.25, -0.2) is 22.0 Å². The van der Waals surface area contributed by atoms with Gasteiger partial charge in [0, 0.05) is 10.2 Å². The minimum Gasteiger partial charge on any atom is -0.492 e. The first kappa shape index (κ1) is 18.4. The van der Waals surface area contributed by atoms with Crippen molar-refractivity contribution in [3.63, 3.8) is 0 Å². The number of hydrogen-bond acceptors (Lipinski definition) is 5. The van der Waals surface area contributed by atoms with Crippen LogP contribution in [0.1, 0.15) is 18.9 Å². The van der Waals surface area contributed by atoms with Gasteiger partial charge in [0.25, 0.3) is 0 Å². The number of nitrogens with two attached hydrogens (primary N) is 1. The van der Waals surface area contributed by atoms with E-state index in [0.29, 0.717) is 10.0 Å². The summed E-state index contributed by atoms with van der Waals surface area (Å²) in [6.07, 6.45) is 0.287. The molecule has 0 heterocycles. The largest absolute Gasteiger partial charge is 0.492 e. The lowest BCUT2D eigenvalue weighted by Crippen LogP contribution is -2.16. The Kier molecular flexibility index (Phi) is 6.21. The summed E-state index contributed by atoms with van der Waals surface area (Å²) in [6.45, 7) is 3.37. The van der Waals surface area contributed by atoms with Crippen LogP contribution in [-0.2, 0) is 19.9 Å². The first-order valence-electron chi connectivity index (χ1n) is 6.23. The van der Waals surface area contributed by atoms with Crippen molar-refractivity contribution in [2.24, 2.45) is 5.14 Å². The summed E-state index contributed by atoms with van der Waals surface area (Å²) >= 11 is 3.20. The van der Waals surface area contributed by atoms with Gasteiger partial charge in [0.1, 0.15) is 20.5 Å². The topological polar surface area (TPSA) is 104 Å². The summed E-state index contributed by atoms with van der Waals surface area (Å²) < 4.78 is 51.9. The number of rotatable bonds is 7. The second-order valence-corrected chi connectivity index (χ2v) is 9.45. The number of hydrogen-bond donors (Lipinski definition) is 1. The highest BCUT2D eigenvalue weighted by atomic mass is 79.9. The zero-order valence-corrected chi connectivity index (χ0v) is 15.0. The van der Waals surface area contributed by atoms with Crippen LogP contribution in [0.3, 0.4) is 0 Å². The third-order valence-corrected chi connectivity index (χ3v) is 5.96. The summed E-state index contributed by atoms with van der Waals surface area (Å²) in [6, 6.07) is 3.06. The molecule has 0 unspecified atom stereocenters. The molecule has 0 aliphatic heterocycles. The van der Waals surface area contributed by atoms with Crippen LogP contribution in [-0.4, -0.2) is 34.9 Å². The molecule has 21 heavy (non-hydrogen) atoms. The highest BCUT2D eigenvalue weighted by molar-refractivity contribution is 9.10. The fraction of sp³-hybridized carbons (Fsp3) is 0.500. The summed E-state index contributed by atoms with van der Waals surface area (Å²) in [5.74, 6) is 0.242. The lowest BCUT2D eigenvalue weighted by atomic mass is 10.2. The molecule has 9 heteroatoms. The van der Waals surface area contributed by atoms with Crippen LogP contribution >= 0.6 is 15.9 Å². The quantitative estimate of drug-likeness (QED) is 0.701. The molecule has 0 atom stereocenters. The maximum absolute atomic E-state index is 11.6. The van der Waals surface area contributed by atoms with Gasteiger partial charge in [-0.2, -0.15) is 0 Å². The van der Waals surface area contributed by atoms with E-state index in [9.17, 15) is 16.8 Å². The SMILES string of the molecule is CCS(=O)(=O)CCCOc1c(C)cc(Br)cc1S(N)(=O)=O. The van der Waals surface area contributed by atoms with Gasteiger partial charge < -0.3 is 4.74 Å². The van der Waals surface area contributed by atoms with E-state index < -0.39 is 19.9 Å². The Hall–Kier alpha value is -0.640. The molecule has 0 spiro atoms. The molecular formula is C12H18BrNO5S2. The summed E-state index contributed by atoms with van der Waals surface area (Å²) in [7, 11) is -6.98. The van der Waals surface area contributed by atoms with Crippen molar-refractivity contribution in [2.75, 3.05) is 18.1 Å². The van der Waals surface area contributed by atoms with E-state index in [4.69, 9.17) is 9.88 Å². The highest BCUT2D eigenvalue weighted by Gasteiger charge is 2.18. The molecule has 1 aromatic carbocycles. The van der Waals surface area contributed by atoms with E-state index in [1.165, 1.54) is 6.07 Å². The third-order valence-electron chi connectivity index (χ3n) is 2.80. The maximum atomic E-state index is 11.6. The van der Waals surface area contributed by atoms with Gasteiger partial charge in [0.2, 0.25) is 10.0 Å². The van der Waals surface area contributed by atoms with Gasteiger partial charge in [0.05, 0.1) is 12.4 Å². The molecule has 0 aromatic heterocycles. The van der Waals surface area contributed by atoms with E-state index >= 15 is 0 Å². The van der Waals surface area contributed by atoms with Crippen LogP contribution in [0.25, 0.3) is 0 Å². The molecule has 1 aromatic rings. The number of sulfone groups is 1. The molecule has 0 saturated heterocycles. The van der Waals surface area contributed by atoms with Crippen molar-refractivity contribution >= 4 is 35.8 Å². The fourth-order valence-corrected chi connectivity index (χ4v) is 4.03. The lowest BCUT2D eigenvalue weighted by molar-refractivity contribution is 0.307. The summed E-state index contributed by atoms with van der Waals surface area (Å²) in [5, 5.41) is 5.17. The van der Waals surface area contributed by atoms with Crippen molar-refractivity contribution in [1.29, 1.82) is 0 Å². The first-order chi connectivity index (χ1) is 9.57. The Morgan fingerprint density at radius 2 is 1.86 bits per heavy atom. The van der Waals surface area contributed by atoms with Crippen LogP contribution in [0.2, 0.25) is 0 Å². The van der Waals surface area contributed by atoms with E-state index in [0.717, 1.165) is 0 Å². The number of halogens is 1. The van der Waals surface area contributed by atoms with Gasteiger partial charge in [-0.15, -0.1) is 0 Å². The monoisotopic (exact) mass is 399 g/mol. The molecule has 0 aliphatic carbocycles. The van der Waals surface area contributed by atoms with Crippen molar-refractivity contribution in [3.8, 4) is 5.75 Å². The van der Waals surface area contributed by atoms with Gasteiger partial charge in [-0.3, -0.25) is 0 Å². The summed E-state index contributed by atoms with van der Waals surface area (Å²) in [4.78, 5) is -0.118. The second kappa shape index (κ2) is 7.08. The molecule has 0 bridgehead atoms. The van der Waals surface area contributed by atoms with Gasteiger partial charge in [0.15, 0.2) is 0 Å². The van der Waals surface area contributed by atoms with Gasteiger partial charge >= 0.3 is 0 Å². The molecule has 0 fully saturated rings. The van der Waals surface area contributed by atoms with E-state index in [1.807, 2.05) is 0 Å². The minimum atomic E-state index is -3.92. The normalized spacial score (nSPS) is 12.4. The Morgan fingerprint density at radius 3 is 2.38 bits per heavy atom. The second-order valence-electron chi connectivity index (χ2n) is 4.53. The molecular weight excluding hydrogens is 382 g/mol.